The zero-order valence-corrected chi connectivity index (χ0v) is 9.82. The molecule has 0 bridgehead atoms. The summed E-state index contributed by atoms with van der Waals surface area (Å²) in [7, 11) is 1.20. The molecule has 4 nitrogen and oxygen atoms in total. The Morgan fingerprint density at radius 2 is 2.25 bits per heavy atom. The molecule has 1 unspecified atom stereocenters. The second-order valence-corrected chi connectivity index (χ2v) is 3.95. The van der Waals surface area contributed by atoms with Crippen LogP contribution in [0.4, 0.5) is 0 Å². The number of esters is 1. The molecule has 1 aromatic rings. The molecule has 5 heteroatoms. The monoisotopic (exact) mass is 244 g/mol. The van der Waals surface area contributed by atoms with Gasteiger partial charge in [0.2, 0.25) is 0 Å². The number of ether oxygens (including phenoxy) is 2. The van der Waals surface area contributed by atoms with Gasteiger partial charge in [-0.1, -0.05) is 17.7 Å². The third kappa shape index (κ3) is 3.40. The highest BCUT2D eigenvalue weighted by atomic mass is 35.5. The first-order valence-electron chi connectivity index (χ1n) is 4.65. The van der Waals surface area contributed by atoms with Gasteiger partial charge in [0.1, 0.15) is 12.4 Å². The molecule has 1 rings (SSSR count). The van der Waals surface area contributed by atoms with Crippen LogP contribution < -0.4 is 4.74 Å². The van der Waals surface area contributed by atoms with E-state index in [-0.39, 0.29) is 6.61 Å². The van der Waals surface area contributed by atoms with Crippen LogP contribution >= 0.6 is 11.6 Å². The first-order chi connectivity index (χ1) is 7.45. The maximum Gasteiger partial charge on any atom is 0.341 e. The number of methoxy groups -OCH3 is 1. The van der Waals surface area contributed by atoms with Crippen LogP contribution in [-0.4, -0.2) is 30.4 Å². The minimum absolute atomic E-state index is 0.194. The van der Waals surface area contributed by atoms with Gasteiger partial charge in [0, 0.05) is 5.02 Å². The lowest BCUT2D eigenvalue weighted by molar-refractivity contribution is -0.163. The molecule has 0 heterocycles. The van der Waals surface area contributed by atoms with Crippen molar-refractivity contribution in [1.29, 1.82) is 0 Å². The fourth-order valence-electron chi connectivity index (χ4n) is 1.06. The van der Waals surface area contributed by atoms with Gasteiger partial charge in [-0.05, 0) is 25.1 Å². The third-order valence-electron chi connectivity index (χ3n) is 1.94. The average molecular weight is 245 g/mol. The molecule has 1 atom stereocenters. The van der Waals surface area contributed by atoms with Gasteiger partial charge < -0.3 is 14.6 Å². The first kappa shape index (κ1) is 12.8. The average Bonchev–Trinajstić information content (AvgIpc) is 2.25. The van der Waals surface area contributed by atoms with E-state index in [0.29, 0.717) is 10.8 Å². The molecule has 0 saturated heterocycles. The number of carbonyl (C=O) groups is 1. The highest BCUT2D eigenvalue weighted by Crippen LogP contribution is 2.18. The summed E-state index contributed by atoms with van der Waals surface area (Å²) in [6, 6.07) is 6.69. The normalized spacial score (nSPS) is 14.0. The summed E-state index contributed by atoms with van der Waals surface area (Å²) in [5, 5.41) is 10.2. The predicted molar refractivity (Wildman–Crippen MR) is 59.6 cm³/mol. The molecule has 0 amide bonds. The van der Waals surface area contributed by atoms with Crippen LogP contribution in [0, 0.1) is 0 Å². The number of hydrogen-bond donors (Lipinski definition) is 1. The van der Waals surface area contributed by atoms with Crippen molar-refractivity contribution in [3.05, 3.63) is 29.3 Å². The fourth-order valence-corrected chi connectivity index (χ4v) is 1.24. The van der Waals surface area contributed by atoms with E-state index < -0.39 is 11.6 Å². The highest BCUT2D eigenvalue weighted by Gasteiger charge is 2.32. The lowest BCUT2D eigenvalue weighted by Crippen LogP contribution is -2.42. The Balaban J connectivity index is 2.61. The number of halogens is 1. The van der Waals surface area contributed by atoms with E-state index in [4.69, 9.17) is 16.3 Å². The Morgan fingerprint density at radius 3 is 2.81 bits per heavy atom. The maximum absolute atomic E-state index is 11.1. The van der Waals surface area contributed by atoms with Crippen LogP contribution in [0.5, 0.6) is 5.75 Å². The van der Waals surface area contributed by atoms with Crippen molar-refractivity contribution in [2.75, 3.05) is 13.7 Å². The predicted octanol–water partition coefficient (Wildman–Crippen LogP) is 1.64. The SMILES string of the molecule is COC(=O)C(C)(O)COc1cccc(Cl)c1. The lowest BCUT2D eigenvalue weighted by atomic mass is 10.1. The van der Waals surface area contributed by atoms with Gasteiger partial charge in [-0.3, -0.25) is 0 Å². The van der Waals surface area contributed by atoms with Gasteiger partial charge in [-0.25, -0.2) is 4.79 Å². The molecule has 16 heavy (non-hydrogen) atoms. The van der Waals surface area contributed by atoms with Crippen molar-refractivity contribution >= 4 is 17.6 Å². The molecule has 88 valence electrons. The van der Waals surface area contributed by atoms with Crippen LogP contribution in [0.15, 0.2) is 24.3 Å². The topological polar surface area (TPSA) is 55.8 Å². The molecular formula is C11H13ClO4. The summed E-state index contributed by atoms with van der Waals surface area (Å²) in [6.07, 6.45) is 0. The van der Waals surface area contributed by atoms with Crippen molar-refractivity contribution in [3.63, 3.8) is 0 Å². The van der Waals surface area contributed by atoms with Crippen molar-refractivity contribution in [3.8, 4) is 5.75 Å². The van der Waals surface area contributed by atoms with Gasteiger partial charge in [-0.2, -0.15) is 0 Å². The van der Waals surface area contributed by atoms with E-state index in [2.05, 4.69) is 4.74 Å². The van der Waals surface area contributed by atoms with Gasteiger partial charge >= 0.3 is 5.97 Å². The van der Waals surface area contributed by atoms with Crippen molar-refractivity contribution in [2.45, 2.75) is 12.5 Å². The standard InChI is InChI=1S/C11H13ClO4/c1-11(14,10(13)15-2)7-16-9-5-3-4-8(12)6-9/h3-6,14H,7H2,1-2H3. The fraction of sp³-hybridized carbons (Fsp3) is 0.364. The minimum atomic E-state index is -1.67. The molecule has 0 aromatic heterocycles. The number of hydrogen-bond acceptors (Lipinski definition) is 4. The van der Waals surface area contributed by atoms with Crippen LogP contribution in [0.2, 0.25) is 5.02 Å². The second kappa shape index (κ2) is 5.18. The molecule has 0 aliphatic rings. The first-order valence-corrected chi connectivity index (χ1v) is 5.02. The number of carbonyl (C=O) groups excluding carboxylic acids is 1. The summed E-state index contributed by atoms with van der Waals surface area (Å²) in [5.74, 6) is -0.258. The van der Waals surface area contributed by atoms with Gasteiger partial charge in [-0.15, -0.1) is 0 Å². The Bertz CT molecular complexity index is 376. The van der Waals surface area contributed by atoms with Crippen molar-refractivity contribution in [2.24, 2.45) is 0 Å². The number of benzene rings is 1. The largest absolute Gasteiger partial charge is 0.490 e. The Labute approximate surface area is 98.7 Å². The Kier molecular flexibility index (Phi) is 4.15. The number of rotatable bonds is 4. The highest BCUT2D eigenvalue weighted by molar-refractivity contribution is 6.30. The summed E-state index contributed by atoms with van der Waals surface area (Å²) in [6.45, 7) is 1.13. The van der Waals surface area contributed by atoms with Crippen molar-refractivity contribution < 1.29 is 19.4 Å². The van der Waals surface area contributed by atoms with E-state index in [0.717, 1.165) is 0 Å². The molecule has 1 aromatic carbocycles. The molecule has 0 aliphatic carbocycles. The summed E-state index contributed by atoms with van der Waals surface area (Å²) in [5.41, 5.74) is -1.67. The molecule has 0 fully saturated rings. The molecule has 0 spiro atoms. The number of aliphatic hydroxyl groups is 1. The maximum atomic E-state index is 11.1. The lowest BCUT2D eigenvalue weighted by Gasteiger charge is -2.20. The van der Waals surface area contributed by atoms with E-state index >= 15 is 0 Å². The quantitative estimate of drug-likeness (QED) is 0.819. The van der Waals surface area contributed by atoms with Crippen LogP contribution in [0.1, 0.15) is 6.92 Å². The summed E-state index contributed by atoms with van der Waals surface area (Å²) >= 11 is 5.75. The zero-order chi connectivity index (χ0) is 12.2. The Morgan fingerprint density at radius 1 is 1.56 bits per heavy atom. The van der Waals surface area contributed by atoms with E-state index in [1.807, 2.05) is 0 Å². The molecule has 0 radical (unpaired) electrons. The smallest absolute Gasteiger partial charge is 0.341 e. The molecule has 0 saturated carbocycles. The van der Waals surface area contributed by atoms with Gasteiger partial charge in [0.25, 0.3) is 0 Å². The molecule has 1 N–H and O–H groups in total. The summed E-state index contributed by atoms with van der Waals surface area (Å²) in [4.78, 5) is 11.1. The summed E-state index contributed by atoms with van der Waals surface area (Å²) < 4.78 is 9.67. The van der Waals surface area contributed by atoms with Crippen LogP contribution in [-0.2, 0) is 9.53 Å². The van der Waals surface area contributed by atoms with E-state index in [1.165, 1.54) is 14.0 Å². The molecular weight excluding hydrogens is 232 g/mol. The second-order valence-electron chi connectivity index (χ2n) is 3.51. The molecule has 0 aliphatic heterocycles. The minimum Gasteiger partial charge on any atom is -0.490 e. The van der Waals surface area contributed by atoms with E-state index in [1.54, 1.807) is 24.3 Å². The van der Waals surface area contributed by atoms with Crippen LogP contribution in [0.25, 0.3) is 0 Å². The zero-order valence-electron chi connectivity index (χ0n) is 9.07. The van der Waals surface area contributed by atoms with Crippen LogP contribution in [0.3, 0.4) is 0 Å². The Hall–Kier alpha value is -1.26. The third-order valence-corrected chi connectivity index (χ3v) is 2.18. The van der Waals surface area contributed by atoms with Gasteiger partial charge in [0.05, 0.1) is 7.11 Å². The van der Waals surface area contributed by atoms with Crippen molar-refractivity contribution in [1.82, 2.24) is 0 Å². The van der Waals surface area contributed by atoms with Gasteiger partial charge in [0.15, 0.2) is 5.60 Å². The van der Waals surface area contributed by atoms with E-state index in [9.17, 15) is 9.90 Å².